The maximum Gasteiger partial charge on any atom is 0.222 e. The zero-order chi connectivity index (χ0) is 19.4. The Hall–Kier alpha value is -2.50. The van der Waals surface area contributed by atoms with E-state index < -0.39 is 0 Å². The molecular formula is C21H27FN4O. The minimum atomic E-state index is -0.234. The zero-order valence-corrected chi connectivity index (χ0v) is 16.3. The van der Waals surface area contributed by atoms with Gasteiger partial charge in [0.05, 0.1) is 0 Å². The Balaban J connectivity index is 1.82. The number of carbonyl (C=O) groups is 1. The summed E-state index contributed by atoms with van der Waals surface area (Å²) >= 11 is 0. The molecule has 5 nitrogen and oxygen atoms in total. The Morgan fingerprint density at radius 1 is 1.15 bits per heavy atom. The average molecular weight is 370 g/mol. The van der Waals surface area contributed by atoms with E-state index in [2.05, 4.69) is 9.88 Å². The van der Waals surface area contributed by atoms with Crippen LogP contribution in [0.15, 0.2) is 24.3 Å². The van der Waals surface area contributed by atoms with E-state index >= 15 is 0 Å². The number of halogens is 1. The van der Waals surface area contributed by atoms with Gasteiger partial charge in [0.25, 0.3) is 0 Å². The maximum absolute atomic E-state index is 13.6. The third kappa shape index (κ3) is 4.62. The average Bonchev–Trinajstić information content (AvgIpc) is 2.64. The van der Waals surface area contributed by atoms with Crippen LogP contribution in [0.4, 0.5) is 10.2 Å². The van der Waals surface area contributed by atoms with Crippen LogP contribution in [0.5, 0.6) is 0 Å². The molecule has 2 aromatic rings. The predicted octanol–water partition coefficient (Wildman–Crippen LogP) is 3.27. The van der Waals surface area contributed by atoms with Crippen molar-refractivity contribution >= 4 is 11.7 Å². The summed E-state index contributed by atoms with van der Waals surface area (Å²) in [6.07, 6.45) is 2.08. The van der Waals surface area contributed by atoms with Crippen LogP contribution < -0.4 is 4.90 Å². The monoisotopic (exact) mass is 370 g/mol. The van der Waals surface area contributed by atoms with Crippen LogP contribution in [0.2, 0.25) is 0 Å². The van der Waals surface area contributed by atoms with Gasteiger partial charge in [-0.05, 0) is 38.0 Å². The quantitative estimate of drug-likeness (QED) is 0.811. The van der Waals surface area contributed by atoms with Gasteiger partial charge in [-0.15, -0.1) is 0 Å². The molecule has 1 saturated heterocycles. The fraction of sp³-hybridized carbons (Fsp3) is 0.476. The molecule has 1 fully saturated rings. The van der Waals surface area contributed by atoms with E-state index in [0.717, 1.165) is 48.0 Å². The summed E-state index contributed by atoms with van der Waals surface area (Å²) in [5.41, 5.74) is 2.86. The highest BCUT2D eigenvalue weighted by molar-refractivity contribution is 5.76. The number of aromatic nitrogens is 2. The van der Waals surface area contributed by atoms with Crippen molar-refractivity contribution in [3.8, 4) is 0 Å². The third-order valence-corrected chi connectivity index (χ3v) is 4.97. The van der Waals surface area contributed by atoms with Crippen molar-refractivity contribution in [2.75, 3.05) is 31.1 Å². The van der Waals surface area contributed by atoms with E-state index in [4.69, 9.17) is 4.98 Å². The molecule has 6 heteroatoms. The number of amides is 1. The minimum absolute atomic E-state index is 0.229. The van der Waals surface area contributed by atoms with Crippen molar-refractivity contribution in [2.24, 2.45) is 0 Å². The number of aryl methyl sites for hydroxylation is 2. The number of hydrogen-bond acceptors (Lipinski definition) is 4. The molecule has 0 spiro atoms. The van der Waals surface area contributed by atoms with Gasteiger partial charge in [-0.2, -0.15) is 0 Å². The number of carbonyl (C=O) groups excluding carboxylic acids is 1. The number of anilines is 1. The van der Waals surface area contributed by atoms with Gasteiger partial charge < -0.3 is 9.80 Å². The van der Waals surface area contributed by atoms with Crippen molar-refractivity contribution in [3.05, 3.63) is 52.7 Å². The second-order valence-electron chi connectivity index (χ2n) is 7.08. The van der Waals surface area contributed by atoms with Crippen LogP contribution >= 0.6 is 0 Å². The summed E-state index contributed by atoms with van der Waals surface area (Å²) in [5, 5.41) is 0. The van der Waals surface area contributed by atoms with Gasteiger partial charge >= 0.3 is 0 Å². The first-order valence-electron chi connectivity index (χ1n) is 9.59. The molecule has 0 atom stereocenters. The normalized spacial score (nSPS) is 14.5. The first-order valence-corrected chi connectivity index (χ1v) is 9.59. The van der Waals surface area contributed by atoms with E-state index in [1.165, 1.54) is 6.07 Å². The standard InChI is InChI=1S/C21H27FN4O/c1-4-6-20(27)25-9-11-26(12-10-25)21-19(15(2)23-16(3)24-21)14-17-7-5-8-18(22)13-17/h5,7-8,13H,4,6,9-12,14H2,1-3H3. The molecule has 27 heavy (non-hydrogen) atoms. The SMILES string of the molecule is CCCC(=O)N1CCN(c2nc(C)nc(C)c2Cc2cccc(F)c2)CC1. The summed E-state index contributed by atoms with van der Waals surface area (Å²) in [4.78, 5) is 25.5. The van der Waals surface area contributed by atoms with Crippen molar-refractivity contribution in [1.82, 2.24) is 14.9 Å². The molecule has 1 aromatic heterocycles. The third-order valence-electron chi connectivity index (χ3n) is 4.97. The first kappa shape index (κ1) is 19.3. The second-order valence-corrected chi connectivity index (χ2v) is 7.08. The van der Waals surface area contributed by atoms with Crippen LogP contribution in [0, 0.1) is 19.7 Å². The Morgan fingerprint density at radius 2 is 1.89 bits per heavy atom. The van der Waals surface area contributed by atoms with Gasteiger partial charge in [0.2, 0.25) is 5.91 Å². The number of benzene rings is 1. The summed E-state index contributed by atoms with van der Waals surface area (Å²) in [7, 11) is 0. The topological polar surface area (TPSA) is 49.3 Å². The van der Waals surface area contributed by atoms with Crippen molar-refractivity contribution in [1.29, 1.82) is 0 Å². The van der Waals surface area contributed by atoms with Gasteiger partial charge in [-0.3, -0.25) is 4.79 Å². The molecule has 0 radical (unpaired) electrons. The highest BCUT2D eigenvalue weighted by Gasteiger charge is 2.24. The fourth-order valence-corrected chi connectivity index (χ4v) is 3.58. The molecule has 3 rings (SSSR count). The summed E-state index contributed by atoms with van der Waals surface area (Å²) in [6, 6.07) is 6.67. The van der Waals surface area contributed by atoms with Gasteiger partial charge in [-0.25, -0.2) is 14.4 Å². The molecule has 1 aromatic carbocycles. The van der Waals surface area contributed by atoms with E-state index in [0.29, 0.717) is 25.9 Å². The van der Waals surface area contributed by atoms with E-state index in [1.54, 1.807) is 12.1 Å². The number of piperazine rings is 1. The summed E-state index contributed by atoms with van der Waals surface area (Å²) in [5.74, 6) is 1.64. The fourth-order valence-electron chi connectivity index (χ4n) is 3.58. The van der Waals surface area contributed by atoms with Crippen LogP contribution in [0.25, 0.3) is 0 Å². The highest BCUT2D eigenvalue weighted by Crippen LogP contribution is 2.25. The second kappa shape index (κ2) is 8.46. The molecule has 0 N–H and O–H groups in total. The first-order chi connectivity index (χ1) is 13.0. The molecule has 1 aliphatic heterocycles. The summed E-state index contributed by atoms with van der Waals surface area (Å²) in [6.45, 7) is 8.82. The molecule has 1 amide bonds. The van der Waals surface area contributed by atoms with Crippen LogP contribution in [0.1, 0.15) is 42.4 Å². The van der Waals surface area contributed by atoms with Gasteiger partial charge in [-0.1, -0.05) is 19.1 Å². The lowest BCUT2D eigenvalue weighted by Gasteiger charge is -2.36. The van der Waals surface area contributed by atoms with Crippen LogP contribution in [-0.4, -0.2) is 47.0 Å². The van der Waals surface area contributed by atoms with Crippen molar-refractivity contribution in [2.45, 2.75) is 40.0 Å². The largest absolute Gasteiger partial charge is 0.353 e. The number of nitrogens with zero attached hydrogens (tertiary/aromatic N) is 4. The van der Waals surface area contributed by atoms with Gasteiger partial charge in [0, 0.05) is 50.3 Å². The molecule has 1 aliphatic rings. The molecule has 0 bridgehead atoms. The Labute approximate surface area is 160 Å². The number of rotatable bonds is 5. The van der Waals surface area contributed by atoms with E-state index in [1.807, 2.05) is 31.7 Å². The smallest absolute Gasteiger partial charge is 0.222 e. The molecule has 0 aliphatic carbocycles. The van der Waals surface area contributed by atoms with Gasteiger partial charge in [0.1, 0.15) is 17.5 Å². The van der Waals surface area contributed by atoms with E-state index in [-0.39, 0.29) is 11.7 Å². The van der Waals surface area contributed by atoms with Crippen LogP contribution in [-0.2, 0) is 11.2 Å². The lowest BCUT2D eigenvalue weighted by molar-refractivity contribution is -0.131. The Bertz CT molecular complexity index is 816. The lowest BCUT2D eigenvalue weighted by atomic mass is 10.0. The molecule has 0 unspecified atom stereocenters. The summed E-state index contributed by atoms with van der Waals surface area (Å²) < 4.78 is 13.6. The highest BCUT2D eigenvalue weighted by atomic mass is 19.1. The predicted molar refractivity (Wildman–Crippen MR) is 104 cm³/mol. The lowest BCUT2D eigenvalue weighted by Crippen LogP contribution is -2.49. The maximum atomic E-state index is 13.6. The van der Waals surface area contributed by atoms with Crippen molar-refractivity contribution in [3.63, 3.8) is 0 Å². The molecule has 144 valence electrons. The van der Waals surface area contributed by atoms with Gasteiger partial charge in [0.15, 0.2) is 0 Å². The van der Waals surface area contributed by atoms with Crippen molar-refractivity contribution < 1.29 is 9.18 Å². The molecule has 2 heterocycles. The zero-order valence-electron chi connectivity index (χ0n) is 16.3. The van der Waals surface area contributed by atoms with E-state index in [9.17, 15) is 9.18 Å². The minimum Gasteiger partial charge on any atom is -0.353 e. The number of hydrogen-bond donors (Lipinski definition) is 0. The molecule has 0 saturated carbocycles. The Morgan fingerprint density at radius 3 is 2.56 bits per heavy atom. The molecular weight excluding hydrogens is 343 g/mol. The van der Waals surface area contributed by atoms with Crippen LogP contribution in [0.3, 0.4) is 0 Å². The Kier molecular flexibility index (Phi) is 6.04.